The molecule has 2 N–H and O–H groups in total. The summed E-state index contributed by atoms with van der Waals surface area (Å²) in [6.07, 6.45) is 1.43. The normalized spacial score (nSPS) is 11.8. The topological polar surface area (TPSA) is 87.5 Å². The van der Waals surface area contributed by atoms with Crippen LogP contribution >= 0.6 is 0 Å². The number of hydrogen-bond donors (Lipinski definition) is 2. The van der Waals surface area contributed by atoms with Gasteiger partial charge in [-0.25, -0.2) is 0 Å². The third kappa shape index (κ3) is 1.64. The van der Waals surface area contributed by atoms with Crippen LogP contribution in [0.25, 0.3) is 10.9 Å². The molecule has 0 aliphatic heterocycles. The van der Waals surface area contributed by atoms with Gasteiger partial charge in [-0.2, -0.15) is 8.42 Å². The van der Waals surface area contributed by atoms with E-state index in [-0.39, 0.29) is 5.52 Å². The largest absolute Gasteiger partial charge is 0.504 e. The highest BCUT2D eigenvalue weighted by molar-refractivity contribution is 7.86. The molecule has 0 saturated carbocycles. The van der Waals surface area contributed by atoms with Gasteiger partial charge in [0.2, 0.25) is 0 Å². The maximum Gasteiger partial charge on any atom is 0.298 e. The van der Waals surface area contributed by atoms with Gasteiger partial charge >= 0.3 is 0 Å². The van der Waals surface area contributed by atoms with E-state index in [1.807, 2.05) is 0 Å². The van der Waals surface area contributed by atoms with Crippen LogP contribution in [0.15, 0.2) is 35.4 Å². The zero-order valence-corrected chi connectivity index (χ0v) is 8.27. The number of benzene rings is 1. The van der Waals surface area contributed by atoms with E-state index in [4.69, 9.17) is 4.55 Å². The fourth-order valence-corrected chi connectivity index (χ4v) is 1.90. The molecule has 6 heteroatoms. The number of rotatable bonds is 1. The summed E-state index contributed by atoms with van der Waals surface area (Å²) in [5, 5.41) is 10.2. The predicted octanol–water partition coefficient (Wildman–Crippen LogP) is 1.19. The SMILES string of the molecule is O=S(=O)(O)c1ccc2cccnc2c1O. The molecule has 1 aromatic carbocycles. The van der Waals surface area contributed by atoms with Crippen molar-refractivity contribution in [3.05, 3.63) is 30.5 Å². The summed E-state index contributed by atoms with van der Waals surface area (Å²) in [6.45, 7) is 0. The van der Waals surface area contributed by atoms with E-state index in [1.54, 1.807) is 12.1 Å². The lowest BCUT2D eigenvalue weighted by Gasteiger charge is -2.03. The highest BCUT2D eigenvalue weighted by Gasteiger charge is 2.17. The van der Waals surface area contributed by atoms with Gasteiger partial charge < -0.3 is 5.11 Å². The van der Waals surface area contributed by atoms with Gasteiger partial charge in [0.15, 0.2) is 5.75 Å². The maximum atomic E-state index is 10.9. The minimum atomic E-state index is -4.41. The van der Waals surface area contributed by atoms with Gasteiger partial charge in [0.05, 0.1) is 0 Å². The Labute approximate surface area is 85.8 Å². The molecule has 0 radical (unpaired) electrons. The lowest BCUT2D eigenvalue weighted by atomic mass is 10.2. The van der Waals surface area contributed by atoms with E-state index < -0.39 is 20.8 Å². The monoisotopic (exact) mass is 225 g/mol. The molecule has 0 amide bonds. The smallest absolute Gasteiger partial charge is 0.298 e. The van der Waals surface area contributed by atoms with Gasteiger partial charge in [-0.1, -0.05) is 12.1 Å². The number of aromatic nitrogens is 1. The molecule has 0 saturated heterocycles. The van der Waals surface area contributed by atoms with Crippen molar-refractivity contribution in [3.8, 4) is 5.75 Å². The Bertz CT molecular complexity index is 621. The second kappa shape index (κ2) is 3.18. The third-order valence-corrected chi connectivity index (χ3v) is 2.87. The van der Waals surface area contributed by atoms with Crippen LogP contribution in [-0.2, 0) is 10.1 Å². The Balaban J connectivity index is 2.88. The summed E-state index contributed by atoms with van der Waals surface area (Å²) in [6, 6.07) is 5.94. The number of aromatic hydroxyl groups is 1. The van der Waals surface area contributed by atoms with Gasteiger partial charge in [0.25, 0.3) is 10.1 Å². The average Bonchev–Trinajstić information content (AvgIpc) is 2.16. The van der Waals surface area contributed by atoms with Crippen molar-refractivity contribution in [3.63, 3.8) is 0 Å². The molecule has 2 rings (SSSR count). The Morgan fingerprint density at radius 1 is 1.20 bits per heavy atom. The third-order valence-electron chi connectivity index (χ3n) is 1.99. The predicted molar refractivity (Wildman–Crippen MR) is 53.2 cm³/mol. The summed E-state index contributed by atoms with van der Waals surface area (Å²) in [5.41, 5.74) is 0.146. The fraction of sp³-hybridized carbons (Fsp3) is 0. The zero-order chi connectivity index (χ0) is 11.1. The maximum absolute atomic E-state index is 10.9. The van der Waals surface area contributed by atoms with Crippen LogP contribution in [0.2, 0.25) is 0 Å². The summed E-state index contributed by atoms with van der Waals surface area (Å²) < 4.78 is 30.5. The molecule has 1 aromatic heterocycles. The second-order valence-corrected chi connectivity index (χ2v) is 4.35. The van der Waals surface area contributed by atoms with Gasteiger partial charge in [-0.15, -0.1) is 0 Å². The van der Waals surface area contributed by atoms with Crippen LogP contribution < -0.4 is 0 Å². The Kier molecular flexibility index (Phi) is 2.09. The molecular weight excluding hydrogens is 218 g/mol. The number of phenolic OH excluding ortho intramolecular Hbond substituents is 1. The summed E-state index contributed by atoms with van der Waals surface area (Å²) in [4.78, 5) is 3.30. The Hall–Kier alpha value is -1.66. The first-order chi connectivity index (χ1) is 7.00. The van der Waals surface area contributed by atoms with Crippen molar-refractivity contribution >= 4 is 21.0 Å². The molecule has 2 aromatic rings. The van der Waals surface area contributed by atoms with E-state index in [2.05, 4.69) is 4.98 Å². The minimum Gasteiger partial charge on any atom is -0.504 e. The summed E-state index contributed by atoms with van der Waals surface area (Å²) in [5.74, 6) is -0.532. The van der Waals surface area contributed by atoms with Crippen LogP contribution in [0.3, 0.4) is 0 Å². The van der Waals surface area contributed by atoms with Crippen molar-refractivity contribution in [2.75, 3.05) is 0 Å². The van der Waals surface area contributed by atoms with Gasteiger partial charge in [-0.3, -0.25) is 9.54 Å². The van der Waals surface area contributed by atoms with E-state index >= 15 is 0 Å². The van der Waals surface area contributed by atoms with E-state index in [0.29, 0.717) is 5.39 Å². The van der Waals surface area contributed by atoms with Gasteiger partial charge in [0.1, 0.15) is 10.4 Å². The molecule has 0 fully saturated rings. The first kappa shape index (κ1) is 9.88. The number of phenols is 1. The van der Waals surface area contributed by atoms with Crippen molar-refractivity contribution in [1.82, 2.24) is 4.98 Å². The number of hydrogen-bond acceptors (Lipinski definition) is 4. The van der Waals surface area contributed by atoms with Crippen LogP contribution in [0.1, 0.15) is 0 Å². The standard InChI is InChI=1S/C9H7NO4S/c11-9-7(15(12,13)14)4-3-6-2-1-5-10-8(6)9/h1-5,11H,(H,12,13,14). The molecule has 15 heavy (non-hydrogen) atoms. The van der Waals surface area contributed by atoms with E-state index in [9.17, 15) is 13.5 Å². The second-order valence-electron chi connectivity index (χ2n) is 2.96. The fourth-order valence-electron chi connectivity index (χ4n) is 1.32. The molecular formula is C9H7NO4S. The van der Waals surface area contributed by atoms with E-state index in [1.165, 1.54) is 12.3 Å². The zero-order valence-electron chi connectivity index (χ0n) is 7.45. The molecule has 0 spiro atoms. The number of pyridine rings is 1. The first-order valence-corrected chi connectivity index (χ1v) is 5.48. The molecule has 0 atom stereocenters. The van der Waals surface area contributed by atoms with Crippen molar-refractivity contribution in [2.24, 2.45) is 0 Å². The molecule has 78 valence electrons. The van der Waals surface area contributed by atoms with Crippen molar-refractivity contribution in [1.29, 1.82) is 0 Å². The van der Waals surface area contributed by atoms with E-state index in [0.717, 1.165) is 6.07 Å². The van der Waals surface area contributed by atoms with Crippen LogP contribution in [0, 0.1) is 0 Å². The quantitative estimate of drug-likeness (QED) is 0.712. The lowest BCUT2D eigenvalue weighted by molar-refractivity contribution is 0.447. The van der Waals surface area contributed by atoms with Gasteiger partial charge in [-0.05, 0) is 12.1 Å². The summed E-state index contributed by atoms with van der Waals surface area (Å²) in [7, 11) is -4.41. The van der Waals surface area contributed by atoms with Crippen molar-refractivity contribution in [2.45, 2.75) is 4.90 Å². The van der Waals surface area contributed by atoms with Gasteiger partial charge in [0, 0.05) is 11.6 Å². The molecule has 5 nitrogen and oxygen atoms in total. The number of fused-ring (bicyclic) bond motifs is 1. The molecule has 1 heterocycles. The molecule has 0 unspecified atom stereocenters. The highest BCUT2D eigenvalue weighted by Crippen LogP contribution is 2.29. The number of nitrogens with zero attached hydrogens (tertiary/aromatic N) is 1. The van der Waals surface area contributed by atoms with Crippen molar-refractivity contribution < 1.29 is 18.1 Å². The van der Waals surface area contributed by atoms with Crippen LogP contribution in [0.5, 0.6) is 5.75 Å². The minimum absolute atomic E-state index is 0.146. The first-order valence-electron chi connectivity index (χ1n) is 4.04. The molecule has 0 aliphatic carbocycles. The van der Waals surface area contributed by atoms with Crippen LogP contribution in [0.4, 0.5) is 0 Å². The highest BCUT2D eigenvalue weighted by atomic mass is 32.2. The Morgan fingerprint density at radius 2 is 1.93 bits per heavy atom. The average molecular weight is 225 g/mol. The van der Waals surface area contributed by atoms with Crippen LogP contribution in [-0.4, -0.2) is 23.1 Å². The molecule has 0 bridgehead atoms. The summed E-state index contributed by atoms with van der Waals surface area (Å²) >= 11 is 0. The lowest BCUT2D eigenvalue weighted by Crippen LogP contribution is -1.98. The Morgan fingerprint density at radius 3 is 2.60 bits per heavy atom. The molecule has 0 aliphatic rings.